The molecule has 0 spiro atoms. The SMILES string of the molecule is CCOC(=O)NS(=O)(=O)Nc1cccc(C(C)N)c1. The number of rotatable bonds is 5. The average molecular weight is 287 g/mol. The molecule has 0 saturated carbocycles. The summed E-state index contributed by atoms with van der Waals surface area (Å²) in [5, 5.41) is 0. The smallest absolute Gasteiger partial charge is 0.422 e. The first-order valence-electron chi connectivity index (χ1n) is 5.67. The van der Waals surface area contributed by atoms with Crippen LogP contribution in [0, 0.1) is 0 Å². The molecule has 1 aromatic rings. The average Bonchev–Trinajstić information content (AvgIpc) is 2.27. The third-order valence-electron chi connectivity index (χ3n) is 2.16. The number of benzene rings is 1. The second-order valence-corrected chi connectivity index (χ2v) is 5.26. The predicted octanol–water partition coefficient (Wildman–Crippen LogP) is 1.11. The van der Waals surface area contributed by atoms with E-state index in [1.165, 1.54) is 0 Å². The van der Waals surface area contributed by atoms with E-state index in [0.717, 1.165) is 5.56 Å². The van der Waals surface area contributed by atoms with E-state index in [1.54, 1.807) is 42.8 Å². The molecule has 0 aromatic heterocycles. The van der Waals surface area contributed by atoms with E-state index in [4.69, 9.17) is 5.73 Å². The van der Waals surface area contributed by atoms with E-state index in [9.17, 15) is 13.2 Å². The normalized spacial score (nSPS) is 12.6. The maximum absolute atomic E-state index is 11.6. The lowest BCUT2D eigenvalue weighted by Crippen LogP contribution is -2.35. The molecule has 1 aromatic carbocycles. The minimum Gasteiger partial charge on any atom is -0.449 e. The molecule has 19 heavy (non-hydrogen) atoms. The molecule has 1 rings (SSSR count). The summed E-state index contributed by atoms with van der Waals surface area (Å²) >= 11 is 0. The van der Waals surface area contributed by atoms with Gasteiger partial charge in [-0.2, -0.15) is 8.42 Å². The lowest BCUT2D eigenvalue weighted by molar-refractivity contribution is 0.159. The zero-order chi connectivity index (χ0) is 14.5. The van der Waals surface area contributed by atoms with Crippen molar-refractivity contribution in [2.45, 2.75) is 19.9 Å². The molecule has 0 radical (unpaired) electrons. The van der Waals surface area contributed by atoms with Crippen LogP contribution in [0.5, 0.6) is 0 Å². The van der Waals surface area contributed by atoms with Gasteiger partial charge in [0.15, 0.2) is 0 Å². The van der Waals surface area contributed by atoms with Gasteiger partial charge in [-0.3, -0.25) is 4.72 Å². The number of carbonyl (C=O) groups excluding carboxylic acids is 1. The standard InChI is InChI=1S/C11H17N3O4S/c1-3-18-11(15)14-19(16,17)13-10-6-4-5-9(7-10)8(2)12/h4-8,13H,3,12H2,1-2H3,(H,14,15). The molecule has 0 fully saturated rings. The highest BCUT2D eigenvalue weighted by Crippen LogP contribution is 2.16. The minimum atomic E-state index is -4.01. The molecule has 0 aliphatic rings. The molecule has 1 atom stereocenters. The molecular formula is C11H17N3O4S. The Morgan fingerprint density at radius 3 is 2.74 bits per heavy atom. The van der Waals surface area contributed by atoms with Crippen LogP contribution < -0.4 is 15.2 Å². The van der Waals surface area contributed by atoms with Gasteiger partial charge in [-0.15, -0.1) is 0 Å². The zero-order valence-corrected chi connectivity index (χ0v) is 11.5. The highest BCUT2D eigenvalue weighted by atomic mass is 32.2. The Morgan fingerprint density at radius 1 is 1.47 bits per heavy atom. The van der Waals surface area contributed by atoms with Crippen LogP contribution in [0.3, 0.4) is 0 Å². The Labute approximate surface area is 112 Å². The Hall–Kier alpha value is -1.80. The quantitative estimate of drug-likeness (QED) is 0.751. The van der Waals surface area contributed by atoms with Gasteiger partial charge in [0.25, 0.3) is 0 Å². The van der Waals surface area contributed by atoms with E-state index in [-0.39, 0.29) is 12.6 Å². The second-order valence-electron chi connectivity index (χ2n) is 3.84. The van der Waals surface area contributed by atoms with Crippen molar-refractivity contribution in [2.24, 2.45) is 5.73 Å². The summed E-state index contributed by atoms with van der Waals surface area (Å²) < 4.78 is 31.6. The Kier molecular flexibility index (Phi) is 5.13. The van der Waals surface area contributed by atoms with Gasteiger partial charge in [0, 0.05) is 6.04 Å². The van der Waals surface area contributed by atoms with Crippen LogP contribution in [0.1, 0.15) is 25.5 Å². The molecule has 0 heterocycles. The van der Waals surface area contributed by atoms with Gasteiger partial charge in [-0.1, -0.05) is 12.1 Å². The molecule has 4 N–H and O–H groups in total. The molecule has 106 valence electrons. The highest BCUT2D eigenvalue weighted by Gasteiger charge is 2.15. The van der Waals surface area contributed by atoms with Crippen molar-refractivity contribution in [1.29, 1.82) is 0 Å². The first kappa shape index (κ1) is 15.3. The van der Waals surface area contributed by atoms with Crippen LogP contribution in [0.4, 0.5) is 10.5 Å². The van der Waals surface area contributed by atoms with Crippen molar-refractivity contribution < 1.29 is 17.9 Å². The number of amides is 1. The van der Waals surface area contributed by atoms with E-state index in [1.807, 2.05) is 0 Å². The van der Waals surface area contributed by atoms with Crippen LogP contribution in [0.15, 0.2) is 24.3 Å². The minimum absolute atomic E-state index is 0.0848. The van der Waals surface area contributed by atoms with Crippen LogP contribution >= 0.6 is 0 Å². The molecular weight excluding hydrogens is 270 g/mol. The van der Waals surface area contributed by atoms with Crippen LogP contribution in [0.2, 0.25) is 0 Å². The number of nitrogens with two attached hydrogens (primary N) is 1. The van der Waals surface area contributed by atoms with Gasteiger partial charge in [0.1, 0.15) is 0 Å². The summed E-state index contributed by atoms with van der Waals surface area (Å²) in [6.45, 7) is 3.44. The van der Waals surface area contributed by atoms with Crippen LogP contribution in [0.25, 0.3) is 0 Å². The van der Waals surface area contributed by atoms with Gasteiger partial charge in [-0.05, 0) is 31.5 Å². The number of anilines is 1. The first-order valence-corrected chi connectivity index (χ1v) is 7.15. The fraction of sp³-hybridized carbons (Fsp3) is 0.364. The molecule has 0 aliphatic heterocycles. The lowest BCUT2D eigenvalue weighted by atomic mass is 10.1. The summed E-state index contributed by atoms with van der Waals surface area (Å²) in [7, 11) is -4.01. The van der Waals surface area contributed by atoms with Crippen LogP contribution in [-0.2, 0) is 14.9 Å². The van der Waals surface area contributed by atoms with Gasteiger partial charge < -0.3 is 10.5 Å². The summed E-state index contributed by atoms with van der Waals surface area (Å²) in [6.07, 6.45) is -1.03. The Balaban J connectivity index is 2.78. The van der Waals surface area contributed by atoms with Crippen molar-refractivity contribution in [3.05, 3.63) is 29.8 Å². The number of hydrogen-bond acceptors (Lipinski definition) is 5. The van der Waals surface area contributed by atoms with E-state index in [0.29, 0.717) is 5.69 Å². The summed E-state index contributed by atoms with van der Waals surface area (Å²) in [5.74, 6) is 0. The fourth-order valence-electron chi connectivity index (χ4n) is 1.34. The summed E-state index contributed by atoms with van der Waals surface area (Å²) in [4.78, 5) is 11.1. The maximum atomic E-state index is 11.6. The largest absolute Gasteiger partial charge is 0.449 e. The Morgan fingerprint density at radius 2 is 2.16 bits per heavy atom. The van der Waals surface area contributed by atoms with E-state index in [2.05, 4.69) is 9.46 Å². The van der Waals surface area contributed by atoms with Crippen molar-refractivity contribution in [1.82, 2.24) is 4.72 Å². The van der Waals surface area contributed by atoms with Gasteiger partial charge in [0.05, 0.1) is 12.3 Å². The van der Waals surface area contributed by atoms with Gasteiger partial charge in [-0.25, -0.2) is 9.52 Å². The molecule has 7 nitrogen and oxygen atoms in total. The third-order valence-corrected chi connectivity index (χ3v) is 3.10. The van der Waals surface area contributed by atoms with Crippen molar-refractivity contribution in [2.75, 3.05) is 11.3 Å². The predicted molar refractivity (Wildman–Crippen MR) is 71.7 cm³/mol. The number of carbonyl (C=O) groups is 1. The molecule has 1 unspecified atom stereocenters. The number of hydrogen-bond donors (Lipinski definition) is 3. The summed E-state index contributed by atoms with van der Waals surface area (Å²) in [6, 6.07) is 6.37. The fourth-order valence-corrected chi connectivity index (χ4v) is 2.10. The van der Waals surface area contributed by atoms with Gasteiger partial charge >= 0.3 is 16.3 Å². The maximum Gasteiger partial charge on any atom is 0.422 e. The zero-order valence-electron chi connectivity index (χ0n) is 10.7. The number of ether oxygens (including phenoxy) is 1. The highest BCUT2D eigenvalue weighted by molar-refractivity contribution is 7.91. The van der Waals surface area contributed by atoms with E-state index >= 15 is 0 Å². The first-order chi connectivity index (χ1) is 8.84. The van der Waals surface area contributed by atoms with Crippen molar-refractivity contribution in [3.63, 3.8) is 0 Å². The number of nitrogens with one attached hydrogen (secondary N) is 2. The topological polar surface area (TPSA) is 111 Å². The van der Waals surface area contributed by atoms with E-state index < -0.39 is 16.3 Å². The third kappa shape index (κ3) is 5.14. The van der Waals surface area contributed by atoms with Gasteiger partial charge in [0.2, 0.25) is 0 Å². The molecule has 1 amide bonds. The second kappa shape index (κ2) is 6.39. The van der Waals surface area contributed by atoms with Crippen LogP contribution in [-0.4, -0.2) is 21.1 Å². The molecule has 0 bridgehead atoms. The molecule has 8 heteroatoms. The van der Waals surface area contributed by atoms with Crippen molar-refractivity contribution in [3.8, 4) is 0 Å². The molecule has 0 saturated heterocycles. The lowest BCUT2D eigenvalue weighted by Gasteiger charge is -2.11. The molecule has 0 aliphatic carbocycles. The Bertz CT molecular complexity index is 543. The van der Waals surface area contributed by atoms with Crippen molar-refractivity contribution >= 4 is 22.0 Å². The monoisotopic (exact) mass is 287 g/mol. The summed E-state index contributed by atoms with van der Waals surface area (Å²) in [5.41, 5.74) is 6.79.